The van der Waals surface area contributed by atoms with Crippen LogP contribution in [0.25, 0.3) is 0 Å². The summed E-state index contributed by atoms with van der Waals surface area (Å²) in [7, 11) is 2.21. The molecule has 0 spiro atoms. The molecule has 2 atom stereocenters. The lowest BCUT2D eigenvalue weighted by Gasteiger charge is -2.33. The van der Waals surface area contributed by atoms with Crippen molar-refractivity contribution in [1.82, 2.24) is 10.2 Å². The van der Waals surface area contributed by atoms with Crippen molar-refractivity contribution in [3.63, 3.8) is 0 Å². The van der Waals surface area contributed by atoms with Crippen molar-refractivity contribution in [2.75, 3.05) is 33.3 Å². The third-order valence-electron chi connectivity index (χ3n) is 3.77. The molecule has 0 radical (unpaired) electrons. The normalized spacial score (nSPS) is 21.5. The molecule has 3 heteroatoms. The van der Waals surface area contributed by atoms with Crippen molar-refractivity contribution in [3.8, 4) is 0 Å². The highest BCUT2D eigenvalue weighted by atomic mass is 16.5. The van der Waals surface area contributed by atoms with E-state index >= 15 is 0 Å². The lowest BCUT2D eigenvalue weighted by atomic mass is 10.0. The topological polar surface area (TPSA) is 24.5 Å². The van der Waals surface area contributed by atoms with Gasteiger partial charge in [0.15, 0.2) is 0 Å². The first kappa shape index (κ1) is 14.5. The summed E-state index contributed by atoms with van der Waals surface area (Å²) in [5.74, 6) is 0. The summed E-state index contributed by atoms with van der Waals surface area (Å²) in [5.41, 5.74) is 1.41. The van der Waals surface area contributed by atoms with E-state index in [0.29, 0.717) is 12.1 Å². The van der Waals surface area contributed by atoms with Crippen molar-refractivity contribution in [2.24, 2.45) is 0 Å². The highest BCUT2D eigenvalue weighted by Gasteiger charge is 2.21. The maximum atomic E-state index is 5.81. The molecule has 19 heavy (non-hydrogen) atoms. The van der Waals surface area contributed by atoms with Crippen molar-refractivity contribution in [3.05, 3.63) is 35.9 Å². The van der Waals surface area contributed by atoms with Crippen LogP contribution in [0.5, 0.6) is 0 Å². The summed E-state index contributed by atoms with van der Waals surface area (Å²) in [6.45, 7) is 6.03. The molecule has 1 heterocycles. The molecule has 1 aromatic rings. The average Bonchev–Trinajstić information content (AvgIpc) is 2.46. The van der Waals surface area contributed by atoms with E-state index < -0.39 is 0 Å². The largest absolute Gasteiger partial charge is 0.374 e. The molecule has 106 valence electrons. The van der Waals surface area contributed by atoms with Gasteiger partial charge in [-0.15, -0.1) is 0 Å². The lowest BCUT2D eigenvalue weighted by Crippen LogP contribution is -2.45. The SMILES string of the molecule is CCCC(c1ccccc1)N(C)CC1CNCCO1. The van der Waals surface area contributed by atoms with Crippen LogP contribution in [0.3, 0.4) is 0 Å². The summed E-state index contributed by atoms with van der Waals surface area (Å²) in [6.07, 6.45) is 2.72. The smallest absolute Gasteiger partial charge is 0.0826 e. The van der Waals surface area contributed by atoms with Gasteiger partial charge in [0.2, 0.25) is 0 Å². The molecule has 1 saturated heterocycles. The number of morpholine rings is 1. The first-order valence-electron chi connectivity index (χ1n) is 7.38. The molecular weight excluding hydrogens is 236 g/mol. The number of rotatable bonds is 6. The predicted octanol–water partition coefficient (Wildman–Crippen LogP) is 2.45. The zero-order valence-corrected chi connectivity index (χ0v) is 12.1. The van der Waals surface area contributed by atoms with E-state index in [-0.39, 0.29) is 0 Å². The Morgan fingerprint density at radius 3 is 2.79 bits per heavy atom. The standard InChI is InChI=1S/C16H26N2O/c1-3-7-16(14-8-5-4-6-9-14)18(2)13-15-12-17-10-11-19-15/h4-6,8-9,15-17H,3,7,10-13H2,1-2H3. The van der Waals surface area contributed by atoms with Crippen LogP contribution in [-0.2, 0) is 4.74 Å². The molecular formula is C16H26N2O. The van der Waals surface area contributed by atoms with Crippen molar-refractivity contribution in [1.29, 1.82) is 0 Å². The summed E-state index contributed by atoms with van der Waals surface area (Å²) < 4.78 is 5.81. The first-order chi connectivity index (χ1) is 9.31. The number of ether oxygens (including phenoxy) is 1. The van der Waals surface area contributed by atoms with Crippen molar-refractivity contribution < 1.29 is 4.74 Å². The molecule has 0 bridgehead atoms. The number of nitrogens with zero attached hydrogens (tertiary/aromatic N) is 1. The monoisotopic (exact) mass is 262 g/mol. The zero-order chi connectivity index (χ0) is 13.5. The van der Waals surface area contributed by atoms with Crippen LogP contribution < -0.4 is 5.32 Å². The quantitative estimate of drug-likeness (QED) is 0.852. The minimum atomic E-state index is 0.321. The van der Waals surface area contributed by atoms with Gasteiger partial charge in [-0.05, 0) is 19.0 Å². The summed E-state index contributed by atoms with van der Waals surface area (Å²) in [5, 5.41) is 3.40. The number of hydrogen-bond acceptors (Lipinski definition) is 3. The van der Waals surface area contributed by atoms with E-state index in [1.165, 1.54) is 18.4 Å². The fraction of sp³-hybridized carbons (Fsp3) is 0.625. The van der Waals surface area contributed by atoms with Gasteiger partial charge >= 0.3 is 0 Å². The molecule has 1 aromatic carbocycles. The second-order valence-electron chi connectivity index (χ2n) is 5.35. The Morgan fingerprint density at radius 2 is 2.16 bits per heavy atom. The van der Waals surface area contributed by atoms with Crippen molar-refractivity contribution in [2.45, 2.75) is 31.9 Å². The Balaban J connectivity index is 1.97. The second kappa shape index (κ2) is 7.63. The van der Waals surface area contributed by atoms with Crippen LogP contribution in [0.4, 0.5) is 0 Å². The highest BCUT2D eigenvalue weighted by molar-refractivity contribution is 5.18. The van der Waals surface area contributed by atoms with E-state index in [1.54, 1.807) is 0 Å². The van der Waals surface area contributed by atoms with Gasteiger partial charge in [0.25, 0.3) is 0 Å². The lowest BCUT2D eigenvalue weighted by molar-refractivity contribution is 0.00183. The Kier molecular flexibility index (Phi) is 5.83. The Labute approximate surface area is 116 Å². The minimum Gasteiger partial charge on any atom is -0.374 e. The van der Waals surface area contributed by atoms with Crippen LogP contribution in [0, 0.1) is 0 Å². The molecule has 1 aliphatic heterocycles. The molecule has 0 amide bonds. The molecule has 0 saturated carbocycles. The number of benzene rings is 1. The molecule has 0 aliphatic carbocycles. The molecule has 0 aromatic heterocycles. The van der Waals surface area contributed by atoms with Crippen molar-refractivity contribution >= 4 is 0 Å². The molecule has 1 N–H and O–H groups in total. The molecule has 2 unspecified atom stereocenters. The number of nitrogens with one attached hydrogen (secondary N) is 1. The van der Waals surface area contributed by atoms with Crippen LogP contribution in [0.1, 0.15) is 31.4 Å². The highest BCUT2D eigenvalue weighted by Crippen LogP contribution is 2.24. The van der Waals surface area contributed by atoms with E-state index in [0.717, 1.165) is 26.2 Å². The molecule has 3 nitrogen and oxygen atoms in total. The number of hydrogen-bond donors (Lipinski definition) is 1. The van der Waals surface area contributed by atoms with Crippen LogP contribution in [-0.4, -0.2) is 44.3 Å². The minimum absolute atomic E-state index is 0.321. The van der Waals surface area contributed by atoms with Gasteiger partial charge in [-0.25, -0.2) is 0 Å². The number of likely N-dealkylation sites (N-methyl/N-ethyl adjacent to an activating group) is 1. The Morgan fingerprint density at radius 1 is 1.37 bits per heavy atom. The predicted molar refractivity (Wildman–Crippen MR) is 79.3 cm³/mol. The summed E-state index contributed by atoms with van der Waals surface area (Å²) in [4.78, 5) is 2.44. The van der Waals surface area contributed by atoms with Crippen LogP contribution in [0.2, 0.25) is 0 Å². The Bertz CT molecular complexity index is 349. The zero-order valence-electron chi connectivity index (χ0n) is 12.1. The molecule has 2 rings (SSSR count). The molecule has 1 fully saturated rings. The average molecular weight is 262 g/mol. The second-order valence-corrected chi connectivity index (χ2v) is 5.35. The fourth-order valence-corrected chi connectivity index (χ4v) is 2.78. The molecule has 1 aliphatic rings. The third kappa shape index (κ3) is 4.30. The summed E-state index contributed by atoms with van der Waals surface area (Å²) in [6, 6.07) is 11.3. The van der Waals surface area contributed by atoms with Gasteiger partial charge in [0.05, 0.1) is 12.7 Å². The summed E-state index contributed by atoms with van der Waals surface area (Å²) >= 11 is 0. The van der Waals surface area contributed by atoms with Gasteiger partial charge in [-0.1, -0.05) is 43.7 Å². The maximum absolute atomic E-state index is 5.81. The van der Waals surface area contributed by atoms with E-state index in [2.05, 4.69) is 54.5 Å². The van der Waals surface area contributed by atoms with Crippen LogP contribution >= 0.6 is 0 Å². The third-order valence-corrected chi connectivity index (χ3v) is 3.77. The van der Waals surface area contributed by atoms with Gasteiger partial charge in [0, 0.05) is 25.7 Å². The van der Waals surface area contributed by atoms with Gasteiger partial charge in [0.1, 0.15) is 0 Å². The van der Waals surface area contributed by atoms with Gasteiger partial charge in [-0.3, -0.25) is 4.90 Å². The van der Waals surface area contributed by atoms with Crippen LogP contribution in [0.15, 0.2) is 30.3 Å². The van der Waals surface area contributed by atoms with E-state index in [1.807, 2.05) is 0 Å². The Hall–Kier alpha value is -0.900. The van der Waals surface area contributed by atoms with Gasteiger partial charge in [-0.2, -0.15) is 0 Å². The fourth-order valence-electron chi connectivity index (χ4n) is 2.78. The van der Waals surface area contributed by atoms with Gasteiger partial charge < -0.3 is 10.1 Å². The van der Waals surface area contributed by atoms with E-state index in [9.17, 15) is 0 Å². The maximum Gasteiger partial charge on any atom is 0.0826 e. The first-order valence-corrected chi connectivity index (χ1v) is 7.38. The van der Waals surface area contributed by atoms with E-state index in [4.69, 9.17) is 4.74 Å².